The van der Waals surface area contributed by atoms with Gasteiger partial charge in [-0.3, -0.25) is 4.79 Å². The summed E-state index contributed by atoms with van der Waals surface area (Å²) < 4.78 is 27.6. The van der Waals surface area contributed by atoms with Gasteiger partial charge in [-0.1, -0.05) is 6.07 Å². The largest absolute Gasteiger partial charge is 0.389 e. The number of likely N-dealkylation sites (N-methyl/N-ethyl adjacent to an activating group) is 1. The number of amides is 1. The zero-order valence-electron chi connectivity index (χ0n) is 11.6. The van der Waals surface area contributed by atoms with Gasteiger partial charge in [-0.05, 0) is 39.3 Å². The van der Waals surface area contributed by atoms with Crippen molar-refractivity contribution in [2.24, 2.45) is 0 Å². The molecule has 19 heavy (non-hydrogen) atoms. The van der Waals surface area contributed by atoms with Crippen molar-refractivity contribution in [3.05, 3.63) is 34.9 Å². The minimum absolute atomic E-state index is 0.00908. The summed E-state index contributed by atoms with van der Waals surface area (Å²) in [5.41, 5.74) is -1.47. The lowest BCUT2D eigenvalue weighted by Gasteiger charge is -2.28. The Hall–Kier alpha value is -1.49. The predicted molar refractivity (Wildman–Crippen MR) is 69.0 cm³/mol. The number of nitrogens with zero attached hydrogens (tertiary/aromatic N) is 1. The fraction of sp³-hybridized carbons (Fsp3) is 0.500. The Labute approximate surface area is 111 Å². The Kier molecular flexibility index (Phi) is 4.63. The summed E-state index contributed by atoms with van der Waals surface area (Å²) >= 11 is 0. The third kappa shape index (κ3) is 3.73. The van der Waals surface area contributed by atoms with E-state index in [1.807, 2.05) is 0 Å². The first-order valence-corrected chi connectivity index (χ1v) is 6.13. The predicted octanol–water partition coefficient (Wildman–Crippen LogP) is 2.51. The molecule has 0 heterocycles. The first kappa shape index (κ1) is 15.6. The Bertz CT molecular complexity index is 481. The third-order valence-corrected chi connectivity index (χ3v) is 2.74. The van der Waals surface area contributed by atoms with Crippen LogP contribution in [0.4, 0.5) is 8.78 Å². The van der Waals surface area contributed by atoms with E-state index < -0.39 is 28.7 Å². The van der Waals surface area contributed by atoms with Crippen LogP contribution in [0, 0.1) is 18.6 Å². The van der Waals surface area contributed by atoms with Crippen LogP contribution in [0.3, 0.4) is 0 Å². The molecule has 1 aromatic carbocycles. The highest BCUT2D eigenvalue weighted by molar-refractivity contribution is 5.95. The van der Waals surface area contributed by atoms with Gasteiger partial charge in [0.05, 0.1) is 5.60 Å². The van der Waals surface area contributed by atoms with Crippen molar-refractivity contribution < 1.29 is 18.7 Å². The second-order valence-electron chi connectivity index (χ2n) is 5.19. The average molecular weight is 271 g/mol. The molecule has 3 nitrogen and oxygen atoms in total. The van der Waals surface area contributed by atoms with Gasteiger partial charge in [0.25, 0.3) is 5.91 Å². The maximum Gasteiger partial charge on any atom is 0.259 e. The molecule has 1 N–H and O–H groups in total. The lowest BCUT2D eigenvalue weighted by atomic mass is 10.1. The molecule has 0 unspecified atom stereocenters. The summed E-state index contributed by atoms with van der Waals surface area (Å²) in [5, 5.41) is 9.73. The van der Waals surface area contributed by atoms with Crippen molar-refractivity contribution in [3.63, 3.8) is 0 Å². The van der Waals surface area contributed by atoms with Crippen LogP contribution in [0.1, 0.15) is 36.7 Å². The maximum atomic E-state index is 13.9. The lowest BCUT2D eigenvalue weighted by molar-refractivity contribution is 0.0309. The lowest BCUT2D eigenvalue weighted by Crippen LogP contribution is -2.42. The van der Waals surface area contributed by atoms with Gasteiger partial charge < -0.3 is 10.0 Å². The molecule has 0 spiro atoms. The summed E-state index contributed by atoms with van der Waals surface area (Å²) in [6, 6.07) is 2.36. The molecule has 0 aliphatic carbocycles. The van der Waals surface area contributed by atoms with Crippen LogP contribution in [0.5, 0.6) is 0 Å². The van der Waals surface area contributed by atoms with Crippen molar-refractivity contribution in [1.29, 1.82) is 0 Å². The van der Waals surface area contributed by atoms with E-state index in [1.165, 1.54) is 31.7 Å². The van der Waals surface area contributed by atoms with Gasteiger partial charge in [0.1, 0.15) is 17.2 Å². The number of aryl methyl sites for hydroxylation is 1. The van der Waals surface area contributed by atoms with E-state index in [0.29, 0.717) is 0 Å². The molecular formula is C14H19F2NO2. The van der Waals surface area contributed by atoms with E-state index in [1.54, 1.807) is 6.92 Å². The van der Waals surface area contributed by atoms with Crippen LogP contribution < -0.4 is 0 Å². The van der Waals surface area contributed by atoms with Crippen LogP contribution in [0.2, 0.25) is 0 Å². The normalized spacial score (nSPS) is 11.5. The van der Waals surface area contributed by atoms with Crippen LogP contribution >= 0.6 is 0 Å². The zero-order valence-corrected chi connectivity index (χ0v) is 11.6. The van der Waals surface area contributed by atoms with Crippen molar-refractivity contribution in [2.75, 3.05) is 13.1 Å². The number of rotatable bonds is 4. The van der Waals surface area contributed by atoms with Crippen molar-refractivity contribution in [2.45, 2.75) is 33.3 Å². The van der Waals surface area contributed by atoms with E-state index >= 15 is 0 Å². The molecular weight excluding hydrogens is 252 g/mol. The summed E-state index contributed by atoms with van der Waals surface area (Å²) in [6.45, 7) is 6.50. The average Bonchev–Trinajstić information content (AvgIpc) is 2.30. The summed E-state index contributed by atoms with van der Waals surface area (Å²) in [5.74, 6) is -2.48. The molecule has 5 heteroatoms. The number of hydrogen-bond donors (Lipinski definition) is 1. The number of carbonyl (C=O) groups excluding carboxylic acids is 1. The summed E-state index contributed by atoms with van der Waals surface area (Å²) in [4.78, 5) is 13.4. The van der Waals surface area contributed by atoms with Gasteiger partial charge in [0, 0.05) is 13.1 Å². The first-order valence-electron chi connectivity index (χ1n) is 6.13. The summed E-state index contributed by atoms with van der Waals surface area (Å²) in [7, 11) is 0. The fourth-order valence-corrected chi connectivity index (χ4v) is 1.81. The SMILES string of the molecule is CCN(CC(C)(C)O)C(=O)c1c(F)ccc(C)c1F. The van der Waals surface area contributed by atoms with Gasteiger partial charge in [-0.2, -0.15) is 0 Å². The molecule has 0 bridgehead atoms. The fourth-order valence-electron chi connectivity index (χ4n) is 1.81. The van der Waals surface area contributed by atoms with Crippen LogP contribution in [-0.2, 0) is 0 Å². The molecule has 0 radical (unpaired) electrons. The Morgan fingerprint density at radius 2 is 1.95 bits per heavy atom. The molecule has 0 atom stereocenters. The Morgan fingerprint density at radius 3 is 2.42 bits per heavy atom. The molecule has 1 amide bonds. The smallest absolute Gasteiger partial charge is 0.259 e. The van der Waals surface area contributed by atoms with Crippen LogP contribution in [-0.4, -0.2) is 34.6 Å². The van der Waals surface area contributed by atoms with Crippen molar-refractivity contribution >= 4 is 5.91 Å². The van der Waals surface area contributed by atoms with Gasteiger partial charge >= 0.3 is 0 Å². The standard InChI is InChI=1S/C14H19F2NO2/c1-5-17(8-14(3,4)19)13(18)11-10(15)7-6-9(2)12(11)16/h6-7,19H,5,8H2,1-4H3. The first-order chi connectivity index (χ1) is 8.67. The number of aliphatic hydroxyl groups is 1. The molecule has 0 fully saturated rings. The third-order valence-electron chi connectivity index (χ3n) is 2.74. The minimum atomic E-state index is -1.12. The quantitative estimate of drug-likeness (QED) is 0.914. The molecule has 1 rings (SSSR count). The monoisotopic (exact) mass is 271 g/mol. The van der Waals surface area contributed by atoms with E-state index in [2.05, 4.69) is 0 Å². The molecule has 0 saturated carbocycles. The highest BCUT2D eigenvalue weighted by atomic mass is 19.1. The molecule has 106 valence electrons. The maximum absolute atomic E-state index is 13.9. The summed E-state index contributed by atoms with van der Waals surface area (Å²) in [6.07, 6.45) is 0. The molecule has 0 aromatic heterocycles. The highest BCUT2D eigenvalue weighted by Gasteiger charge is 2.27. The molecule has 1 aromatic rings. The van der Waals surface area contributed by atoms with Crippen molar-refractivity contribution in [3.8, 4) is 0 Å². The molecule has 0 saturated heterocycles. The van der Waals surface area contributed by atoms with Gasteiger partial charge in [0.15, 0.2) is 0 Å². The van der Waals surface area contributed by atoms with Crippen LogP contribution in [0.15, 0.2) is 12.1 Å². The van der Waals surface area contributed by atoms with Crippen LogP contribution in [0.25, 0.3) is 0 Å². The number of benzene rings is 1. The second kappa shape index (κ2) is 5.65. The van der Waals surface area contributed by atoms with Gasteiger partial charge in [0.2, 0.25) is 0 Å². The number of halogens is 2. The van der Waals surface area contributed by atoms with Crippen molar-refractivity contribution in [1.82, 2.24) is 4.90 Å². The van der Waals surface area contributed by atoms with E-state index in [0.717, 1.165) is 6.07 Å². The van der Waals surface area contributed by atoms with E-state index in [9.17, 15) is 18.7 Å². The number of carbonyl (C=O) groups is 1. The minimum Gasteiger partial charge on any atom is -0.389 e. The molecule has 0 aliphatic rings. The van der Waals surface area contributed by atoms with E-state index in [4.69, 9.17) is 0 Å². The van der Waals surface area contributed by atoms with Gasteiger partial charge in [-0.25, -0.2) is 8.78 Å². The Morgan fingerprint density at radius 1 is 1.37 bits per heavy atom. The molecule has 0 aliphatic heterocycles. The van der Waals surface area contributed by atoms with Gasteiger partial charge in [-0.15, -0.1) is 0 Å². The van der Waals surface area contributed by atoms with E-state index in [-0.39, 0.29) is 18.7 Å². The topological polar surface area (TPSA) is 40.5 Å². The number of hydrogen-bond acceptors (Lipinski definition) is 2. The highest BCUT2D eigenvalue weighted by Crippen LogP contribution is 2.19. The Balaban J connectivity index is 3.15. The zero-order chi connectivity index (χ0) is 14.8. The second-order valence-corrected chi connectivity index (χ2v) is 5.19.